The molecular formula is C15H13Cl2N3O. The van der Waals surface area contributed by atoms with Gasteiger partial charge < -0.3 is 5.32 Å². The highest BCUT2D eigenvalue weighted by molar-refractivity contribution is 6.30. The van der Waals surface area contributed by atoms with E-state index in [1.807, 2.05) is 24.3 Å². The van der Waals surface area contributed by atoms with Gasteiger partial charge in [-0.15, -0.1) is 0 Å². The van der Waals surface area contributed by atoms with Crippen molar-refractivity contribution in [2.75, 3.05) is 5.32 Å². The molecule has 1 aromatic carbocycles. The highest BCUT2D eigenvalue weighted by Crippen LogP contribution is 2.54. The van der Waals surface area contributed by atoms with Gasteiger partial charge in [-0.3, -0.25) is 4.79 Å². The summed E-state index contributed by atoms with van der Waals surface area (Å²) in [6.45, 7) is 2.06. The summed E-state index contributed by atoms with van der Waals surface area (Å²) >= 11 is 11.8. The van der Waals surface area contributed by atoms with Crippen molar-refractivity contribution in [2.24, 2.45) is 11.8 Å². The fraction of sp³-hybridized carbons (Fsp3) is 0.267. The number of carbonyl (C=O) groups is 1. The molecule has 3 atom stereocenters. The lowest BCUT2D eigenvalue weighted by Gasteiger charge is -2.04. The Labute approximate surface area is 132 Å². The fourth-order valence-corrected chi connectivity index (χ4v) is 3.05. The van der Waals surface area contributed by atoms with E-state index in [4.69, 9.17) is 23.2 Å². The molecule has 0 spiro atoms. The second kappa shape index (κ2) is 5.62. The Balaban J connectivity index is 1.72. The van der Waals surface area contributed by atoms with Crippen LogP contribution in [0, 0.1) is 11.8 Å². The minimum atomic E-state index is -0.0720. The summed E-state index contributed by atoms with van der Waals surface area (Å²) < 4.78 is 0. The predicted octanol–water partition coefficient (Wildman–Crippen LogP) is 3.77. The average molecular weight is 322 g/mol. The number of amides is 1. The van der Waals surface area contributed by atoms with Crippen LogP contribution in [0.5, 0.6) is 0 Å². The van der Waals surface area contributed by atoms with Crippen molar-refractivity contribution in [3.05, 3.63) is 52.4 Å². The van der Waals surface area contributed by atoms with E-state index in [9.17, 15) is 4.79 Å². The van der Waals surface area contributed by atoms with Crippen molar-refractivity contribution in [1.29, 1.82) is 0 Å². The molecule has 1 aliphatic carbocycles. The van der Waals surface area contributed by atoms with Gasteiger partial charge in [0.25, 0.3) is 0 Å². The molecule has 0 saturated heterocycles. The van der Waals surface area contributed by atoms with Crippen LogP contribution in [0.2, 0.25) is 10.2 Å². The van der Waals surface area contributed by atoms with Crippen LogP contribution >= 0.6 is 23.2 Å². The summed E-state index contributed by atoms with van der Waals surface area (Å²) in [7, 11) is 0. The summed E-state index contributed by atoms with van der Waals surface area (Å²) in [5.74, 6) is 0.769. The summed E-state index contributed by atoms with van der Waals surface area (Å²) in [6.07, 6.45) is 1.32. The first-order valence-electron chi connectivity index (χ1n) is 6.60. The number of anilines is 1. The van der Waals surface area contributed by atoms with E-state index in [0.717, 1.165) is 5.56 Å². The van der Waals surface area contributed by atoms with Gasteiger partial charge in [0.1, 0.15) is 17.3 Å². The van der Waals surface area contributed by atoms with E-state index in [2.05, 4.69) is 22.2 Å². The molecule has 108 valence electrons. The lowest BCUT2D eigenvalue weighted by Crippen LogP contribution is -2.16. The molecule has 3 rings (SSSR count). The summed E-state index contributed by atoms with van der Waals surface area (Å²) in [4.78, 5) is 20.1. The Bertz CT molecular complexity index is 692. The van der Waals surface area contributed by atoms with Gasteiger partial charge in [-0.2, -0.15) is 0 Å². The van der Waals surface area contributed by atoms with E-state index in [-0.39, 0.29) is 23.7 Å². The van der Waals surface area contributed by atoms with Gasteiger partial charge in [-0.05, 0) is 29.5 Å². The van der Waals surface area contributed by atoms with E-state index in [1.54, 1.807) is 0 Å². The fourth-order valence-electron chi connectivity index (χ4n) is 2.70. The van der Waals surface area contributed by atoms with Crippen LogP contribution in [0.3, 0.4) is 0 Å². The number of hydrogen-bond acceptors (Lipinski definition) is 3. The zero-order valence-corrected chi connectivity index (χ0v) is 12.8. The molecule has 1 saturated carbocycles. The Morgan fingerprint density at radius 2 is 2.05 bits per heavy atom. The number of hydrogen-bond donors (Lipinski definition) is 1. The Hall–Kier alpha value is -1.65. The van der Waals surface area contributed by atoms with E-state index < -0.39 is 0 Å². The first-order chi connectivity index (χ1) is 10.1. The molecule has 1 aliphatic rings. The first kappa shape index (κ1) is 14.3. The molecule has 21 heavy (non-hydrogen) atoms. The van der Waals surface area contributed by atoms with Crippen molar-refractivity contribution in [3.63, 3.8) is 0 Å². The molecule has 0 radical (unpaired) electrons. The van der Waals surface area contributed by atoms with Crippen LogP contribution in [0.25, 0.3) is 0 Å². The number of carbonyl (C=O) groups excluding carboxylic acids is 1. The summed E-state index contributed by atoms with van der Waals surface area (Å²) in [5.41, 5.74) is 1.09. The second-order valence-corrected chi connectivity index (χ2v) is 6.00. The first-order valence-corrected chi connectivity index (χ1v) is 7.36. The predicted molar refractivity (Wildman–Crippen MR) is 82.5 cm³/mol. The maximum Gasteiger partial charge on any atom is 0.229 e. The van der Waals surface area contributed by atoms with Gasteiger partial charge in [0.2, 0.25) is 5.91 Å². The van der Waals surface area contributed by atoms with Gasteiger partial charge in [0.15, 0.2) is 0 Å². The van der Waals surface area contributed by atoms with Crippen molar-refractivity contribution in [3.8, 4) is 0 Å². The van der Waals surface area contributed by atoms with Crippen LogP contribution in [0.1, 0.15) is 18.4 Å². The number of rotatable bonds is 3. The minimum Gasteiger partial charge on any atom is -0.310 e. The lowest BCUT2D eigenvalue weighted by molar-refractivity contribution is -0.117. The van der Waals surface area contributed by atoms with E-state index >= 15 is 0 Å². The Morgan fingerprint density at radius 3 is 2.76 bits per heavy atom. The zero-order chi connectivity index (χ0) is 15.0. The quantitative estimate of drug-likeness (QED) is 0.875. The number of halogens is 2. The minimum absolute atomic E-state index is 0.0535. The zero-order valence-electron chi connectivity index (χ0n) is 11.3. The highest BCUT2D eigenvalue weighted by atomic mass is 35.5. The maximum atomic E-state index is 12.3. The SMILES string of the molecule is C[C@H]1[C@H](C(=O)Nc2cc(Cl)ncn2)[C@H]1c1cccc(Cl)c1. The molecule has 1 fully saturated rings. The molecule has 4 nitrogen and oxygen atoms in total. The van der Waals surface area contributed by atoms with Gasteiger partial charge >= 0.3 is 0 Å². The summed E-state index contributed by atoms with van der Waals surface area (Å²) in [5, 5.41) is 3.77. The monoisotopic (exact) mass is 321 g/mol. The van der Waals surface area contributed by atoms with Crippen LogP contribution < -0.4 is 5.32 Å². The topological polar surface area (TPSA) is 54.9 Å². The van der Waals surface area contributed by atoms with Gasteiger partial charge in [0, 0.05) is 17.0 Å². The normalized spacial score (nSPS) is 23.7. The molecule has 0 bridgehead atoms. The molecule has 0 aliphatic heterocycles. The number of nitrogens with one attached hydrogen (secondary N) is 1. The largest absolute Gasteiger partial charge is 0.310 e. The third kappa shape index (κ3) is 3.01. The van der Waals surface area contributed by atoms with Gasteiger partial charge in [-0.1, -0.05) is 42.3 Å². The van der Waals surface area contributed by atoms with Crippen LogP contribution in [-0.4, -0.2) is 15.9 Å². The molecular weight excluding hydrogens is 309 g/mol. The highest BCUT2D eigenvalue weighted by Gasteiger charge is 2.52. The maximum absolute atomic E-state index is 12.3. The van der Waals surface area contributed by atoms with E-state index in [0.29, 0.717) is 16.0 Å². The Kier molecular flexibility index (Phi) is 3.83. The molecule has 1 N–H and O–H groups in total. The van der Waals surface area contributed by atoms with Crippen molar-refractivity contribution in [1.82, 2.24) is 9.97 Å². The van der Waals surface area contributed by atoms with Gasteiger partial charge in [-0.25, -0.2) is 9.97 Å². The standard InChI is InChI=1S/C15H13Cl2N3O/c1-8-13(9-3-2-4-10(16)5-9)14(8)15(21)20-12-6-11(17)18-7-19-12/h2-8,13-14H,1H3,(H,18,19,20,21)/t8-,13-,14+/m1/s1. The number of aromatic nitrogens is 2. The van der Waals surface area contributed by atoms with Crippen molar-refractivity contribution < 1.29 is 4.79 Å². The van der Waals surface area contributed by atoms with Crippen LogP contribution in [0.15, 0.2) is 36.7 Å². The number of nitrogens with zero attached hydrogens (tertiary/aromatic N) is 2. The molecule has 6 heteroatoms. The molecule has 1 heterocycles. The Morgan fingerprint density at radius 1 is 1.24 bits per heavy atom. The molecule has 1 amide bonds. The molecule has 0 unspecified atom stereocenters. The van der Waals surface area contributed by atoms with Crippen molar-refractivity contribution in [2.45, 2.75) is 12.8 Å². The number of benzene rings is 1. The molecule has 1 aromatic heterocycles. The molecule has 2 aromatic rings. The van der Waals surface area contributed by atoms with Crippen molar-refractivity contribution >= 4 is 34.9 Å². The van der Waals surface area contributed by atoms with Crippen LogP contribution in [-0.2, 0) is 4.79 Å². The van der Waals surface area contributed by atoms with Gasteiger partial charge in [0.05, 0.1) is 0 Å². The second-order valence-electron chi connectivity index (χ2n) is 5.18. The average Bonchev–Trinajstić information content (AvgIpc) is 3.10. The summed E-state index contributed by atoms with van der Waals surface area (Å²) in [6, 6.07) is 9.18. The third-order valence-electron chi connectivity index (χ3n) is 3.80. The smallest absolute Gasteiger partial charge is 0.229 e. The van der Waals surface area contributed by atoms with E-state index in [1.165, 1.54) is 12.4 Å². The van der Waals surface area contributed by atoms with Crippen LogP contribution in [0.4, 0.5) is 5.82 Å². The third-order valence-corrected chi connectivity index (χ3v) is 4.24. The lowest BCUT2D eigenvalue weighted by atomic mass is 10.1.